The molecule has 0 aliphatic rings. The van der Waals surface area contributed by atoms with E-state index in [1.165, 1.54) is 0 Å². The van der Waals surface area contributed by atoms with Crippen molar-refractivity contribution in [2.45, 2.75) is 6.29 Å². The second-order valence-electron chi connectivity index (χ2n) is 4.28. The fourth-order valence-corrected chi connectivity index (χ4v) is 6.57. The Morgan fingerprint density at radius 1 is 0.739 bits per heavy atom. The Bertz CT molecular complexity index is 676. The molecule has 0 amide bonds. The van der Waals surface area contributed by atoms with Gasteiger partial charge in [-0.2, -0.15) is 0 Å². The third-order valence-corrected chi connectivity index (χ3v) is 5.82. The van der Waals surface area contributed by atoms with Crippen LogP contribution in [0.15, 0.2) is 51.1 Å². The van der Waals surface area contributed by atoms with Crippen molar-refractivity contribution in [1.29, 1.82) is 0 Å². The third-order valence-electron chi connectivity index (χ3n) is 2.55. The molecule has 0 heterocycles. The molecule has 0 radical (unpaired) electrons. The molecule has 1 unspecified atom stereocenters. The van der Waals surface area contributed by atoms with E-state index in [2.05, 4.69) is 95.6 Å². The van der Waals surface area contributed by atoms with Crippen LogP contribution in [0.5, 0.6) is 11.5 Å². The van der Waals surface area contributed by atoms with Crippen molar-refractivity contribution >= 4 is 95.6 Å². The first-order valence-electron chi connectivity index (χ1n) is 6.04. The second kappa shape index (κ2) is 9.00. The Labute approximate surface area is 183 Å². The molecule has 2 aromatic rings. The van der Waals surface area contributed by atoms with Gasteiger partial charge in [0.2, 0.25) is 6.29 Å². The van der Waals surface area contributed by atoms with E-state index in [1.807, 2.05) is 24.3 Å². The van der Waals surface area contributed by atoms with Crippen LogP contribution in [0, 0.1) is 0 Å². The normalized spacial score (nSPS) is 12.1. The molecular weight excluding hydrogens is 696 g/mol. The molecule has 2 aromatic carbocycles. The van der Waals surface area contributed by atoms with Crippen LogP contribution in [0.4, 0.5) is 0 Å². The number of aliphatic hydroxyl groups excluding tert-OH is 1. The SMILES string of the molecule is OC(COc1c(Br)cc(Br)cc1Br)Oc1c(Br)cc(Br)cc1Br. The van der Waals surface area contributed by atoms with Crippen LogP contribution in [0.3, 0.4) is 0 Å². The summed E-state index contributed by atoms with van der Waals surface area (Å²) in [5.41, 5.74) is 0. The first kappa shape index (κ1) is 20.2. The monoisotopic (exact) mass is 698 g/mol. The molecule has 2 rings (SSSR count). The Morgan fingerprint density at radius 2 is 1.13 bits per heavy atom. The molecule has 3 nitrogen and oxygen atoms in total. The van der Waals surface area contributed by atoms with Crippen molar-refractivity contribution in [2.24, 2.45) is 0 Å². The highest BCUT2D eigenvalue weighted by Gasteiger charge is 2.16. The summed E-state index contributed by atoms with van der Waals surface area (Å²) in [5.74, 6) is 1.09. The first-order chi connectivity index (χ1) is 10.8. The number of benzene rings is 2. The summed E-state index contributed by atoms with van der Waals surface area (Å²) in [6.07, 6.45) is -1.13. The highest BCUT2D eigenvalue weighted by atomic mass is 79.9. The van der Waals surface area contributed by atoms with Gasteiger partial charge >= 0.3 is 0 Å². The van der Waals surface area contributed by atoms with Gasteiger partial charge in [0.05, 0.1) is 17.9 Å². The van der Waals surface area contributed by atoms with Crippen LogP contribution in [0.25, 0.3) is 0 Å². The molecule has 124 valence electrons. The molecule has 9 heteroatoms. The third kappa shape index (κ3) is 5.69. The van der Waals surface area contributed by atoms with Crippen molar-refractivity contribution in [1.82, 2.24) is 0 Å². The van der Waals surface area contributed by atoms with Gasteiger partial charge in [-0.25, -0.2) is 0 Å². The maximum atomic E-state index is 10.1. The molecular formula is C14H8Br6O3. The summed E-state index contributed by atoms with van der Waals surface area (Å²) in [6.45, 7) is -0.0340. The minimum absolute atomic E-state index is 0.0340. The fraction of sp³-hybridized carbons (Fsp3) is 0.143. The largest absolute Gasteiger partial charge is 0.485 e. The van der Waals surface area contributed by atoms with Gasteiger partial charge in [0, 0.05) is 8.95 Å². The van der Waals surface area contributed by atoms with Gasteiger partial charge in [-0.3, -0.25) is 0 Å². The van der Waals surface area contributed by atoms with Crippen molar-refractivity contribution in [3.8, 4) is 11.5 Å². The summed E-state index contributed by atoms with van der Waals surface area (Å²) in [6, 6.07) is 7.37. The molecule has 0 fully saturated rings. The smallest absolute Gasteiger partial charge is 0.232 e. The standard InChI is InChI=1S/C14H8Br6O3/c15-6-1-8(17)13(9(18)2-6)22-5-12(21)23-14-10(19)3-7(16)4-11(14)20/h1-4,12,21H,5H2. The van der Waals surface area contributed by atoms with Gasteiger partial charge in [-0.05, 0) is 88.0 Å². The van der Waals surface area contributed by atoms with E-state index in [1.54, 1.807) is 0 Å². The summed E-state index contributed by atoms with van der Waals surface area (Å²) in [5, 5.41) is 10.1. The fourth-order valence-electron chi connectivity index (χ4n) is 1.63. The minimum Gasteiger partial charge on any atom is -0.485 e. The topological polar surface area (TPSA) is 38.7 Å². The summed E-state index contributed by atoms with van der Waals surface area (Å²) in [4.78, 5) is 0. The van der Waals surface area contributed by atoms with Gasteiger partial charge in [0.25, 0.3) is 0 Å². The lowest BCUT2D eigenvalue weighted by molar-refractivity contribution is -0.0490. The lowest BCUT2D eigenvalue weighted by Crippen LogP contribution is -2.24. The molecule has 0 saturated heterocycles. The Hall–Kier alpha value is 0.880. The van der Waals surface area contributed by atoms with Gasteiger partial charge in [0.15, 0.2) is 12.4 Å². The second-order valence-corrected chi connectivity index (χ2v) is 9.53. The maximum Gasteiger partial charge on any atom is 0.232 e. The van der Waals surface area contributed by atoms with Gasteiger partial charge < -0.3 is 14.6 Å². The van der Waals surface area contributed by atoms with E-state index in [9.17, 15) is 5.11 Å². The molecule has 0 saturated carbocycles. The molecule has 0 aromatic heterocycles. The van der Waals surface area contributed by atoms with Crippen LogP contribution in [-0.4, -0.2) is 18.0 Å². The number of aliphatic hydroxyl groups is 1. The van der Waals surface area contributed by atoms with Crippen LogP contribution in [0.2, 0.25) is 0 Å². The predicted octanol–water partition coefficient (Wildman–Crippen LogP) is 7.04. The number of rotatable bonds is 5. The van der Waals surface area contributed by atoms with Crippen molar-refractivity contribution in [3.05, 3.63) is 51.1 Å². The van der Waals surface area contributed by atoms with Gasteiger partial charge in [-0.1, -0.05) is 31.9 Å². The summed E-state index contributed by atoms with van der Waals surface area (Å²) < 4.78 is 15.9. The molecule has 0 spiro atoms. The Kier molecular flexibility index (Phi) is 7.91. The molecule has 23 heavy (non-hydrogen) atoms. The van der Waals surface area contributed by atoms with Crippen LogP contribution in [-0.2, 0) is 0 Å². The van der Waals surface area contributed by atoms with E-state index >= 15 is 0 Å². The van der Waals surface area contributed by atoms with Crippen molar-refractivity contribution in [2.75, 3.05) is 6.61 Å². The molecule has 1 atom stereocenters. The zero-order valence-electron chi connectivity index (χ0n) is 11.1. The highest BCUT2D eigenvalue weighted by Crippen LogP contribution is 2.38. The lowest BCUT2D eigenvalue weighted by Gasteiger charge is -2.18. The summed E-state index contributed by atoms with van der Waals surface area (Å²) in [7, 11) is 0. The van der Waals surface area contributed by atoms with Crippen LogP contribution < -0.4 is 9.47 Å². The maximum absolute atomic E-state index is 10.1. The quantitative estimate of drug-likeness (QED) is 0.340. The minimum atomic E-state index is -1.13. The van der Waals surface area contributed by atoms with Crippen LogP contribution >= 0.6 is 95.6 Å². The number of hydrogen-bond donors (Lipinski definition) is 1. The van der Waals surface area contributed by atoms with E-state index < -0.39 is 6.29 Å². The molecule has 0 bridgehead atoms. The number of ether oxygens (including phenoxy) is 2. The molecule has 0 aliphatic carbocycles. The average Bonchev–Trinajstić information content (AvgIpc) is 2.41. The number of halogens is 6. The lowest BCUT2D eigenvalue weighted by atomic mass is 10.3. The highest BCUT2D eigenvalue weighted by molar-refractivity contribution is 9.12. The zero-order valence-corrected chi connectivity index (χ0v) is 20.6. The van der Waals surface area contributed by atoms with Crippen molar-refractivity contribution < 1.29 is 14.6 Å². The van der Waals surface area contributed by atoms with Crippen molar-refractivity contribution in [3.63, 3.8) is 0 Å². The average molecular weight is 704 g/mol. The first-order valence-corrected chi connectivity index (χ1v) is 10.8. The number of hydrogen-bond acceptors (Lipinski definition) is 3. The van der Waals surface area contributed by atoms with E-state index in [-0.39, 0.29) is 6.61 Å². The van der Waals surface area contributed by atoms with E-state index in [4.69, 9.17) is 9.47 Å². The van der Waals surface area contributed by atoms with Gasteiger partial charge in [-0.15, -0.1) is 0 Å². The molecule has 1 N–H and O–H groups in total. The van der Waals surface area contributed by atoms with Crippen LogP contribution in [0.1, 0.15) is 0 Å². The van der Waals surface area contributed by atoms with E-state index in [0.29, 0.717) is 20.4 Å². The Morgan fingerprint density at radius 3 is 1.57 bits per heavy atom. The zero-order chi connectivity index (χ0) is 17.1. The predicted molar refractivity (Wildman–Crippen MR) is 111 cm³/mol. The summed E-state index contributed by atoms with van der Waals surface area (Å²) >= 11 is 20.4. The Balaban J connectivity index is 2.05. The van der Waals surface area contributed by atoms with Gasteiger partial charge in [0.1, 0.15) is 5.75 Å². The molecule has 0 aliphatic heterocycles. The van der Waals surface area contributed by atoms with E-state index in [0.717, 1.165) is 17.9 Å².